The van der Waals surface area contributed by atoms with Crippen molar-refractivity contribution < 1.29 is 74.8 Å². The molecule has 9 rings (SSSR count). The smallest absolute Gasteiger partial charge is 0.741 e. The number of halogens is 6. The Hall–Kier alpha value is -4.44. The first kappa shape index (κ1) is 50.6. The molecule has 20 heteroatoms. The number of nitrogens with one attached hydrogen (secondary N) is 2. The molecule has 1 aliphatic rings. The van der Waals surface area contributed by atoms with E-state index in [-0.39, 0.29) is 22.5 Å². The summed E-state index contributed by atoms with van der Waals surface area (Å²) in [7, 11) is -12.2. The first-order chi connectivity index (χ1) is 29.3. The van der Waals surface area contributed by atoms with Crippen LogP contribution in [0.25, 0.3) is 64.6 Å². The van der Waals surface area contributed by atoms with Gasteiger partial charge in [-0.3, -0.25) is 9.80 Å². The number of benzene rings is 8. The fourth-order valence-corrected chi connectivity index (χ4v) is 8.09. The van der Waals surface area contributed by atoms with E-state index in [1.54, 1.807) is 0 Å². The average molecular weight is 981 g/mol. The number of alkyl halides is 6. The summed E-state index contributed by atoms with van der Waals surface area (Å²) in [6.07, 6.45) is 0. The molecule has 0 unspecified atom stereocenters. The largest absolute Gasteiger partial charge is 2.00 e. The molecule has 345 valence electrons. The summed E-state index contributed by atoms with van der Waals surface area (Å²) in [6.45, 7) is 10.1. The number of nitrogens with zero attached hydrogens (tertiary/aromatic N) is 2. The van der Waals surface area contributed by atoms with Gasteiger partial charge in [0.2, 0.25) is 0 Å². The van der Waals surface area contributed by atoms with Crippen molar-refractivity contribution in [2.24, 2.45) is 0 Å². The number of hydrogen-bond donors (Lipinski definition) is 2. The van der Waals surface area contributed by atoms with Crippen LogP contribution in [0.15, 0.2) is 109 Å². The van der Waals surface area contributed by atoms with Gasteiger partial charge in [0.05, 0.1) is 0 Å². The molecule has 0 aliphatic carbocycles. The maximum atomic E-state index is 10.7. The zero-order valence-electron chi connectivity index (χ0n) is 33.7. The normalized spacial score (nSPS) is 15.5. The third-order valence-corrected chi connectivity index (χ3v) is 12.1. The molecule has 8 aromatic rings. The Morgan fingerprint density at radius 3 is 0.984 bits per heavy atom. The SMILES string of the molecule is O.O=S(=O)([O-])C(F)(F)F.O=S(=O)([O-])C(F)(F)F.[Cu+2].c1cc2ccc3ccc(CN4CCNCCN(Cc5ccc6ccc7cccc8ccc5c6c78)CCNCC4)c4ccc(c1)c2c34. The first-order valence-electron chi connectivity index (χ1n) is 19.5. The standard InChI is InChI=1S/C42H40N4.2CHF3O3S.Cu.H2O/c1-3-29-7-9-33-11-13-35(37-17-15-31(5-1)39(29)41(33)37)27-45-23-19-43-21-25-46(26-22-44-20-24-45)28-36-14-12-34-10-8-30-4-2-6-32-16-18-38(36)42(34)40(30)32;2*2-1(3,4)8(5,6)7;;/h1-18,43-44H,19-28H2;2*(H,5,6,7);;1H2/q;;;+2;/p-2. The van der Waals surface area contributed by atoms with Crippen LogP contribution in [-0.4, -0.2) is 105 Å². The van der Waals surface area contributed by atoms with Gasteiger partial charge in [0.25, 0.3) is 0 Å². The van der Waals surface area contributed by atoms with Crippen LogP contribution in [0.3, 0.4) is 0 Å². The van der Waals surface area contributed by atoms with Crippen molar-refractivity contribution in [2.45, 2.75) is 24.1 Å². The molecule has 1 fully saturated rings. The molecule has 0 saturated carbocycles. The van der Waals surface area contributed by atoms with Crippen LogP contribution in [-0.2, 0) is 50.4 Å². The molecule has 0 amide bonds. The molecule has 0 atom stereocenters. The molecular formula is C44H42CuF6N4O7S2. The van der Waals surface area contributed by atoms with Crippen LogP contribution in [0.2, 0.25) is 0 Å². The van der Waals surface area contributed by atoms with Gasteiger partial charge in [0, 0.05) is 65.4 Å². The van der Waals surface area contributed by atoms with Crippen molar-refractivity contribution in [3.05, 3.63) is 120 Å². The molecule has 11 nitrogen and oxygen atoms in total. The maximum absolute atomic E-state index is 10.7. The maximum Gasteiger partial charge on any atom is 2.00 e. The Morgan fingerprint density at radius 2 is 0.703 bits per heavy atom. The van der Waals surface area contributed by atoms with E-state index >= 15 is 0 Å². The predicted octanol–water partition coefficient (Wildman–Crippen LogP) is 7.25. The molecule has 8 aromatic carbocycles. The number of hydrogen-bond acceptors (Lipinski definition) is 10. The minimum Gasteiger partial charge on any atom is -0.741 e. The molecule has 0 bridgehead atoms. The minimum atomic E-state index is -6.09. The van der Waals surface area contributed by atoms with Crippen molar-refractivity contribution in [1.82, 2.24) is 20.4 Å². The van der Waals surface area contributed by atoms with Gasteiger partial charge in [0.15, 0.2) is 20.2 Å². The zero-order chi connectivity index (χ0) is 44.5. The van der Waals surface area contributed by atoms with E-state index in [1.165, 1.54) is 75.8 Å². The Kier molecular flexibility index (Phi) is 16.1. The molecule has 1 aliphatic heterocycles. The zero-order valence-corrected chi connectivity index (χ0v) is 36.3. The summed E-state index contributed by atoms with van der Waals surface area (Å²) in [5, 5.41) is 24.0. The third-order valence-electron chi connectivity index (χ3n) is 11.0. The van der Waals surface area contributed by atoms with Crippen LogP contribution in [0.1, 0.15) is 11.1 Å². The van der Waals surface area contributed by atoms with Gasteiger partial charge < -0.3 is 25.2 Å². The second-order valence-electron chi connectivity index (χ2n) is 15.0. The third kappa shape index (κ3) is 11.3. The van der Waals surface area contributed by atoms with E-state index < -0.39 is 31.3 Å². The van der Waals surface area contributed by atoms with Gasteiger partial charge in [0.1, 0.15) is 0 Å². The monoisotopic (exact) mass is 979 g/mol. The molecule has 4 N–H and O–H groups in total. The molecule has 1 heterocycles. The van der Waals surface area contributed by atoms with E-state index in [0.717, 1.165) is 65.4 Å². The van der Waals surface area contributed by atoms with Crippen LogP contribution in [0, 0.1) is 0 Å². The quantitative estimate of drug-likeness (QED) is 0.0601. The van der Waals surface area contributed by atoms with Gasteiger partial charge in [-0.15, -0.1) is 0 Å². The fourth-order valence-electron chi connectivity index (χ4n) is 8.09. The Morgan fingerprint density at radius 1 is 0.453 bits per heavy atom. The summed E-state index contributed by atoms with van der Waals surface area (Å²) in [5.74, 6) is 0. The van der Waals surface area contributed by atoms with Crippen LogP contribution in [0.4, 0.5) is 26.3 Å². The summed E-state index contributed by atoms with van der Waals surface area (Å²) in [6, 6.07) is 41.1. The van der Waals surface area contributed by atoms with Crippen molar-refractivity contribution in [3.63, 3.8) is 0 Å². The van der Waals surface area contributed by atoms with Gasteiger partial charge in [-0.25, -0.2) is 16.8 Å². The summed E-state index contributed by atoms with van der Waals surface area (Å²) >= 11 is 0. The first-order valence-corrected chi connectivity index (χ1v) is 22.3. The van der Waals surface area contributed by atoms with Gasteiger partial charge >= 0.3 is 28.1 Å². The number of rotatable bonds is 4. The Balaban J connectivity index is 0.000000368. The summed E-state index contributed by atoms with van der Waals surface area (Å²) in [4.78, 5) is 5.24. The predicted molar refractivity (Wildman–Crippen MR) is 232 cm³/mol. The minimum absolute atomic E-state index is 0. The molecular weight excluding hydrogens is 938 g/mol. The molecule has 0 aromatic heterocycles. The van der Waals surface area contributed by atoms with Crippen LogP contribution in [0.5, 0.6) is 0 Å². The van der Waals surface area contributed by atoms with E-state index in [9.17, 15) is 26.3 Å². The molecule has 1 radical (unpaired) electrons. The van der Waals surface area contributed by atoms with E-state index in [1.807, 2.05) is 0 Å². The second kappa shape index (κ2) is 20.4. The van der Waals surface area contributed by atoms with Gasteiger partial charge in [-0.2, -0.15) is 26.3 Å². The van der Waals surface area contributed by atoms with Crippen LogP contribution >= 0.6 is 0 Å². The molecule has 64 heavy (non-hydrogen) atoms. The summed E-state index contributed by atoms with van der Waals surface area (Å²) < 4.78 is 118. The van der Waals surface area contributed by atoms with Gasteiger partial charge in [-0.1, -0.05) is 109 Å². The van der Waals surface area contributed by atoms with Gasteiger partial charge in [-0.05, 0) is 75.8 Å². The fraction of sp³-hybridized carbons (Fsp3) is 0.273. The van der Waals surface area contributed by atoms with Crippen molar-refractivity contribution in [1.29, 1.82) is 0 Å². The Bertz CT molecular complexity index is 2820. The van der Waals surface area contributed by atoms with Crippen molar-refractivity contribution in [2.75, 3.05) is 52.4 Å². The van der Waals surface area contributed by atoms with E-state index in [2.05, 4.69) is 130 Å². The second-order valence-corrected chi connectivity index (χ2v) is 17.8. The Labute approximate surface area is 375 Å². The van der Waals surface area contributed by atoms with E-state index in [4.69, 9.17) is 25.9 Å². The molecule has 0 spiro atoms. The van der Waals surface area contributed by atoms with E-state index in [0.29, 0.717) is 0 Å². The van der Waals surface area contributed by atoms with Crippen molar-refractivity contribution >= 4 is 84.9 Å². The summed E-state index contributed by atoms with van der Waals surface area (Å²) in [5.41, 5.74) is -8.44. The van der Waals surface area contributed by atoms with Crippen LogP contribution < -0.4 is 10.6 Å². The average Bonchev–Trinajstić information content (AvgIpc) is 3.20. The van der Waals surface area contributed by atoms with Crippen molar-refractivity contribution in [3.8, 4) is 0 Å². The topological polar surface area (TPSA) is 176 Å². The molecule has 1 saturated heterocycles.